The number of hydrogen-bond acceptors (Lipinski definition) is 7. The number of anilines is 1. The number of aryl methyl sites for hydroxylation is 2. The number of ether oxygens (including phenoxy) is 1. The van der Waals surface area contributed by atoms with Gasteiger partial charge in [0, 0.05) is 0 Å². The van der Waals surface area contributed by atoms with E-state index < -0.39 is 5.97 Å². The molecule has 2 aromatic heterocycles. The first-order valence-electron chi connectivity index (χ1n) is 7.73. The maximum Gasteiger partial charge on any atom is 0.350 e. The largest absolute Gasteiger partial charge is 0.462 e. The van der Waals surface area contributed by atoms with Crippen LogP contribution in [0.1, 0.15) is 40.7 Å². The zero-order valence-electron chi connectivity index (χ0n) is 14.3. The van der Waals surface area contributed by atoms with Crippen LogP contribution in [-0.4, -0.2) is 29.2 Å². The summed E-state index contributed by atoms with van der Waals surface area (Å²) in [5.74, 6) is 0.590. The van der Waals surface area contributed by atoms with E-state index in [1.165, 1.54) is 5.01 Å². The van der Waals surface area contributed by atoms with Crippen LogP contribution in [0.5, 0.6) is 0 Å². The summed E-state index contributed by atoms with van der Waals surface area (Å²) < 4.78 is 10.5. The van der Waals surface area contributed by atoms with Gasteiger partial charge in [0.2, 0.25) is 5.13 Å². The van der Waals surface area contributed by atoms with Crippen LogP contribution in [0.3, 0.4) is 0 Å². The lowest BCUT2D eigenvalue weighted by Gasteiger charge is -2.06. The minimum Gasteiger partial charge on any atom is -0.462 e. The SMILES string of the molecule is CCOC(=O)c1sc(N2N=C(C)/C(=C\c3ccc(C)o3)C2=O)nc1C. The fraction of sp³-hybridized carbons (Fsp3) is 0.294. The van der Waals surface area contributed by atoms with Crippen LogP contribution in [0, 0.1) is 13.8 Å². The highest BCUT2D eigenvalue weighted by atomic mass is 32.1. The Morgan fingerprint density at radius 3 is 2.76 bits per heavy atom. The molecule has 1 aliphatic heterocycles. The minimum atomic E-state index is -0.446. The Bertz CT molecular complexity index is 907. The van der Waals surface area contributed by atoms with Gasteiger partial charge in [-0.2, -0.15) is 10.1 Å². The number of carbonyl (C=O) groups is 2. The molecule has 25 heavy (non-hydrogen) atoms. The topological polar surface area (TPSA) is 85.0 Å². The number of thiazole rings is 1. The van der Waals surface area contributed by atoms with Gasteiger partial charge in [-0.15, -0.1) is 0 Å². The monoisotopic (exact) mass is 359 g/mol. The smallest absolute Gasteiger partial charge is 0.350 e. The number of amides is 1. The van der Waals surface area contributed by atoms with E-state index >= 15 is 0 Å². The Morgan fingerprint density at radius 1 is 1.36 bits per heavy atom. The highest BCUT2D eigenvalue weighted by molar-refractivity contribution is 7.17. The first-order chi connectivity index (χ1) is 11.9. The van der Waals surface area contributed by atoms with Crippen molar-refractivity contribution in [1.29, 1.82) is 0 Å². The Labute approximate surface area is 148 Å². The van der Waals surface area contributed by atoms with Crippen LogP contribution >= 0.6 is 11.3 Å². The normalized spacial score (nSPS) is 15.8. The first-order valence-corrected chi connectivity index (χ1v) is 8.55. The van der Waals surface area contributed by atoms with Crippen LogP contribution in [-0.2, 0) is 9.53 Å². The highest BCUT2D eigenvalue weighted by Gasteiger charge is 2.32. The highest BCUT2D eigenvalue weighted by Crippen LogP contribution is 2.31. The molecule has 0 radical (unpaired) electrons. The van der Waals surface area contributed by atoms with E-state index in [9.17, 15) is 9.59 Å². The van der Waals surface area contributed by atoms with Crippen LogP contribution in [0.4, 0.5) is 5.13 Å². The van der Waals surface area contributed by atoms with Gasteiger partial charge in [-0.05, 0) is 45.9 Å². The summed E-state index contributed by atoms with van der Waals surface area (Å²) in [4.78, 5) is 29.3. The second-order valence-corrected chi connectivity index (χ2v) is 6.42. The molecule has 0 bridgehead atoms. The van der Waals surface area contributed by atoms with E-state index in [4.69, 9.17) is 9.15 Å². The summed E-state index contributed by atoms with van der Waals surface area (Å²) >= 11 is 1.08. The third kappa shape index (κ3) is 3.25. The number of furan rings is 1. The summed E-state index contributed by atoms with van der Waals surface area (Å²) in [6, 6.07) is 3.61. The number of rotatable bonds is 4. The standard InChI is InChI=1S/C17H17N3O4S/c1-5-23-16(22)14-11(4)18-17(25-14)20-15(21)13(10(3)19-20)8-12-7-6-9(2)24-12/h6-8H,5H2,1-4H3/b13-8+. The van der Waals surface area contributed by atoms with Crippen molar-refractivity contribution >= 4 is 40.1 Å². The molecule has 3 rings (SSSR count). The Kier molecular flexibility index (Phi) is 4.54. The van der Waals surface area contributed by atoms with E-state index in [1.807, 2.05) is 13.0 Å². The molecular formula is C17H17N3O4S. The van der Waals surface area contributed by atoms with Gasteiger partial charge in [-0.3, -0.25) is 4.79 Å². The van der Waals surface area contributed by atoms with E-state index in [0.29, 0.717) is 32.7 Å². The zero-order chi connectivity index (χ0) is 18.1. The van der Waals surface area contributed by atoms with E-state index in [2.05, 4.69) is 10.1 Å². The number of carbonyl (C=O) groups excluding carboxylic acids is 2. The van der Waals surface area contributed by atoms with Crippen molar-refractivity contribution in [2.45, 2.75) is 27.7 Å². The number of nitrogens with zero attached hydrogens (tertiary/aromatic N) is 3. The van der Waals surface area contributed by atoms with Gasteiger partial charge >= 0.3 is 5.97 Å². The molecule has 2 aromatic rings. The molecule has 0 aliphatic carbocycles. The van der Waals surface area contributed by atoms with Crippen LogP contribution in [0.25, 0.3) is 6.08 Å². The molecule has 3 heterocycles. The molecule has 0 saturated heterocycles. The van der Waals surface area contributed by atoms with Crippen LogP contribution < -0.4 is 5.01 Å². The maximum atomic E-state index is 12.7. The van der Waals surface area contributed by atoms with Crippen LogP contribution in [0.2, 0.25) is 0 Å². The fourth-order valence-electron chi connectivity index (χ4n) is 2.35. The first kappa shape index (κ1) is 17.1. The Morgan fingerprint density at radius 2 is 2.12 bits per heavy atom. The van der Waals surface area contributed by atoms with E-state index in [-0.39, 0.29) is 12.5 Å². The van der Waals surface area contributed by atoms with Crippen molar-refractivity contribution in [3.05, 3.63) is 39.8 Å². The molecule has 0 fully saturated rings. The molecule has 7 nitrogen and oxygen atoms in total. The minimum absolute atomic E-state index is 0.279. The predicted octanol–water partition coefficient (Wildman–Crippen LogP) is 3.34. The van der Waals surface area contributed by atoms with Crippen molar-refractivity contribution in [1.82, 2.24) is 4.98 Å². The second-order valence-electron chi connectivity index (χ2n) is 5.44. The average molecular weight is 359 g/mol. The van der Waals surface area contributed by atoms with Gasteiger partial charge in [-0.1, -0.05) is 11.3 Å². The predicted molar refractivity (Wildman–Crippen MR) is 94.8 cm³/mol. The summed E-state index contributed by atoms with van der Waals surface area (Å²) in [6.45, 7) is 7.29. The Balaban J connectivity index is 1.90. The molecule has 130 valence electrons. The lowest BCUT2D eigenvalue weighted by molar-refractivity contribution is -0.114. The number of esters is 1. The fourth-order valence-corrected chi connectivity index (χ4v) is 3.26. The molecule has 0 spiro atoms. The van der Waals surface area contributed by atoms with E-state index in [1.54, 1.807) is 32.9 Å². The van der Waals surface area contributed by atoms with Crippen molar-refractivity contribution in [2.75, 3.05) is 11.6 Å². The molecule has 0 N–H and O–H groups in total. The van der Waals surface area contributed by atoms with Crippen molar-refractivity contribution in [2.24, 2.45) is 5.10 Å². The quantitative estimate of drug-likeness (QED) is 0.617. The number of hydrogen-bond donors (Lipinski definition) is 0. The number of aromatic nitrogens is 1. The Hall–Kier alpha value is -2.74. The van der Waals surface area contributed by atoms with Gasteiger partial charge in [0.15, 0.2) is 0 Å². The third-order valence-electron chi connectivity index (χ3n) is 3.54. The zero-order valence-corrected chi connectivity index (χ0v) is 15.1. The van der Waals surface area contributed by atoms with Gasteiger partial charge in [0.05, 0.1) is 23.6 Å². The van der Waals surface area contributed by atoms with Crippen molar-refractivity contribution < 1.29 is 18.7 Å². The number of hydrazone groups is 1. The molecule has 0 atom stereocenters. The van der Waals surface area contributed by atoms with Gasteiger partial charge in [0.25, 0.3) is 5.91 Å². The second kappa shape index (κ2) is 6.64. The lowest BCUT2D eigenvalue weighted by atomic mass is 10.1. The maximum absolute atomic E-state index is 12.7. The summed E-state index contributed by atoms with van der Waals surface area (Å²) in [7, 11) is 0. The van der Waals surface area contributed by atoms with E-state index in [0.717, 1.165) is 17.1 Å². The van der Waals surface area contributed by atoms with Gasteiger partial charge in [-0.25, -0.2) is 9.78 Å². The summed E-state index contributed by atoms with van der Waals surface area (Å²) in [5, 5.41) is 5.81. The van der Waals surface area contributed by atoms with Gasteiger partial charge in [0.1, 0.15) is 16.4 Å². The molecule has 8 heteroatoms. The summed E-state index contributed by atoms with van der Waals surface area (Å²) in [6.07, 6.45) is 1.65. The molecule has 0 aromatic carbocycles. The van der Waals surface area contributed by atoms with Gasteiger partial charge < -0.3 is 9.15 Å². The summed E-state index contributed by atoms with van der Waals surface area (Å²) in [5.41, 5.74) is 1.50. The molecule has 0 unspecified atom stereocenters. The van der Waals surface area contributed by atoms with Crippen LogP contribution in [0.15, 0.2) is 27.2 Å². The molecule has 0 saturated carbocycles. The molecular weight excluding hydrogens is 342 g/mol. The average Bonchev–Trinajstić information content (AvgIpc) is 3.21. The van der Waals surface area contributed by atoms with Crippen molar-refractivity contribution in [3.8, 4) is 0 Å². The molecule has 1 aliphatic rings. The van der Waals surface area contributed by atoms with Crippen molar-refractivity contribution in [3.63, 3.8) is 0 Å². The third-order valence-corrected chi connectivity index (χ3v) is 4.65. The molecule has 1 amide bonds. The lowest BCUT2D eigenvalue weighted by Crippen LogP contribution is -2.21.